The zero-order valence-corrected chi connectivity index (χ0v) is 16.2. The first-order chi connectivity index (χ1) is 12.6. The van der Waals surface area contributed by atoms with Gasteiger partial charge in [0.05, 0.1) is 34.6 Å². The van der Waals surface area contributed by atoms with Crippen molar-refractivity contribution in [2.24, 2.45) is 7.05 Å². The van der Waals surface area contributed by atoms with Crippen molar-refractivity contribution in [3.63, 3.8) is 0 Å². The quantitative estimate of drug-likeness (QED) is 0.568. The molecule has 0 fully saturated rings. The van der Waals surface area contributed by atoms with Gasteiger partial charge in [0.2, 0.25) is 5.91 Å². The van der Waals surface area contributed by atoms with E-state index in [-0.39, 0.29) is 5.91 Å². The van der Waals surface area contributed by atoms with Crippen LogP contribution < -0.4 is 5.32 Å². The van der Waals surface area contributed by atoms with E-state index in [0.717, 1.165) is 43.7 Å². The summed E-state index contributed by atoms with van der Waals surface area (Å²) in [5.41, 5.74) is 3.14. The zero-order valence-electron chi connectivity index (χ0n) is 14.5. The minimum atomic E-state index is -0.0154. The predicted molar refractivity (Wildman–Crippen MR) is 106 cm³/mol. The van der Waals surface area contributed by atoms with Crippen molar-refractivity contribution < 1.29 is 4.79 Å². The molecule has 0 aliphatic carbocycles. The van der Waals surface area contributed by atoms with Crippen LogP contribution in [0.2, 0.25) is 0 Å². The summed E-state index contributed by atoms with van der Waals surface area (Å²) in [6.45, 7) is 2.10. The number of hydrogen-bond acceptors (Lipinski definition) is 5. The summed E-state index contributed by atoms with van der Waals surface area (Å²) < 4.78 is 2.13. The van der Waals surface area contributed by atoms with Gasteiger partial charge in [-0.1, -0.05) is 12.1 Å². The average molecular weight is 383 g/mol. The molecule has 3 heterocycles. The Morgan fingerprint density at radius 3 is 2.85 bits per heavy atom. The fraction of sp³-hybridized carbons (Fsp3) is 0.211. The minimum absolute atomic E-state index is 0.0154. The Morgan fingerprint density at radius 2 is 2.04 bits per heavy atom. The molecule has 4 rings (SSSR count). The fourth-order valence-corrected chi connectivity index (χ4v) is 4.59. The van der Waals surface area contributed by atoms with Crippen LogP contribution in [0, 0.1) is 0 Å². The maximum Gasteiger partial charge on any atom is 0.217 e. The Kier molecular flexibility index (Phi) is 4.57. The number of aryl methyl sites for hydroxylation is 1. The van der Waals surface area contributed by atoms with Gasteiger partial charge in [-0.2, -0.15) is 0 Å². The van der Waals surface area contributed by atoms with Crippen molar-refractivity contribution in [1.82, 2.24) is 19.9 Å². The van der Waals surface area contributed by atoms with Crippen LogP contribution in [0.5, 0.6) is 0 Å². The third-order valence-corrected chi connectivity index (χ3v) is 6.12. The molecule has 0 spiro atoms. The van der Waals surface area contributed by atoms with E-state index >= 15 is 0 Å². The highest BCUT2D eigenvalue weighted by Crippen LogP contribution is 2.30. The number of thiazole rings is 1. The highest BCUT2D eigenvalue weighted by Gasteiger charge is 2.12. The Bertz CT molecular complexity index is 1080. The van der Waals surface area contributed by atoms with Gasteiger partial charge in [-0.05, 0) is 24.3 Å². The molecule has 0 unspecified atom stereocenters. The van der Waals surface area contributed by atoms with Crippen molar-refractivity contribution in [1.29, 1.82) is 0 Å². The molecule has 0 aliphatic rings. The number of imidazole rings is 1. The molecule has 0 atom stereocenters. The number of thiophene rings is 1. The van der Waals surface area contributed by atoms with Gasteiger partial charge in [0, 0.05) is 24.2 Å². The molecule has 0 saturated carbocycles. The van der Waals surface area contributed by atoms with Gasteiger partial charge in [-0.3, -0.25) is 4.79 Å². The number of aromatic nitrogens is 3. The summed E-state index contributed by atoms with van der Waals surface area (Å²) in [4.78, 5) is 22.8. The third-order valence-electron chi connectivity index (χ3n) is 4.17. The molecule has 26 heavy (non-hydrogen) atoms. The van der Waals surface area contributed by atoms with Crippen LogP contribution in [0.25, 0.3) is 21.6 Å². The van der Waals surface area contributed by atoms with Crippen LogP contribution in [0.4, 0.5) is 0 Å². The molecular formula is C19H18N4OS2. The van der Waals surface area contributed by atoms with Gasteiger partial charge < -0.3 is 9.88 Å². The molecule has 5 nitrogen and oxygen atoms in total. The molecular weight excluding hydrogens is 364 g/mol. The van der Waals surface area contributed by atoms with E-state index in [1.54, 1.807) is 22.7 Å². The third kappa shape index (κ3) is 3.40. The van der Waals surface area contributed by atoms with Gasteiger partial charge in [0.25, 0.3) is 0 Å². The van der Waals surface area contributed by atoms with Crippen LogP contribution >= 0.6 is 22.7 Å². The van der Waals surface area contributed by atoms with Crippen LogP contribution in [-0.4, -0.2) is 20.4 Å². The number of amides is 1. The van der Waals surface area contributed by atoms with Crippen molar-refractivity contribution in [2.45, 2.75) is 19.9 Å². The van der Waals surface area contributed by atoms with Crippen LogP contribution in [0.1, 0.15) is 22.6 Å². The molecule has 0 radical (unpaired) electrons. The second kappa shape index (κ2) is 7.01. The largest absolute Gasteiger partial charge is 0.351 e. The van der Waals surface area contributed by atoms with Gasteiger partial charge in [-0.15, -0.1) is 22.7 Å². The number of rotatable bonds is 5. The summed E-state index contributed by atoms with van der Waals surface area (Å²) in [7, 11) is 2.05. The van der Waals surface area contributed by atoms with Crippen LogP contribution in [0.15, 0.2) is 41.8 Å². The van der Waals surface area contributed by atoms with E-state index in [4.69, 9.17) is 9.97 Å². The molecule has 7 heteroatoms. The lowest BCUT2D eigenvalue weighted by molar-refractivity contribution is -0.119. The lowest BCUT2D eigenvalue weighted by Gasteiger charge is -1.99. The van der Waals surface area contributed by atoms with Crippen LogP contribution in [0.3, 0.4) is 0 Å². The fourth-order valence-electron chi connectivity index (χ4n) is 2.82. The van der Waals surface area contributed by atoms with Crippen LogP contribution in [-0.2, 0) is 24.8 Å². The second-order valence-corrected chi connectivity index (χ2v) is 8.17. The molecule has 1 N–H and O–H groups in total. The van der Waals surface area contributed by atoms with Gasteiger partial charge in [0.1, 0.15) is 10.8 Å². The summed E-state index contributed by atoms with van der Waals surface area (Å²) >= 11 is 3.32. The first-order valence-electron chi connectivity index (χ1n) is 8.28. The number of nitrogens with one attached hydrogen (secondary N) is 1. The lowest BCUT2D eigenvalue weighted by atomic mass is 10.3. The van der Waals surface area contributed by atoms with Gasteiger partial charge >= 0.3 is 0 Å². The molecule has 0 saturated heterocycles. The number of nitrogens with zero attached hydrogens (tertiary/aromatic N) is 3. The van der Waals surface area contributed by atoms with Crippen molar-refractivity contribution in [3.8, 4) is 10.6 Å². The molecule has 1 amide bonds. The maximum atomic E-state index is 11.0. The molecule has 0 aliphatic heterocycles. The normalized spacial score (nSPS) is 11.2. The summed E-state index contributed by atoms with van der Waals surface area (Å²) in [6, 6.07) is 12.3. The first-order valence-corrected chi connectivity index (χ1v) is 9.98. The summed E-state index contributed by atoms with van der Waals surface area (Å²) in [5, 5.41) is 5.97. The maximum absolute atomic E-state index is 11.0. The van der Waals surface area contributed by atoms with E-state index in [2.05, 4.69) is 27.4 Å². The predicted octanol–water partition coefficient (Wildman–Crippen LogP) is 3.99. The summed E-state index contributed by atoms with van der Waals surface area (Å²) in [6.07, 6.45) is 0.722. The van der Waals surface area contributed by atoms with E-state index < -0.39 is 0 Å². The van der Waals surface area contributed by atoms with Crippen molar-refractivity contribution in [2.75, 3.05) is 0 Å². The Hall–Kier alpha value is -2.51. The smallest absolute Gasteiger partial charge is 0.217 e. The molecule has 3 aromatic heterocycles. The topological polar surface area (TPSA) is 59.8 Å². The standard InChI is InChI=1S/C19H18N4OS2/c1-12(24)20-10-13-7-8-17(26-13)15-11-25-19(22-15)9-18-21-14-5-3-4-6-16(14)23(18)2/h3-8,11H,9-10H2,1-2H3,(H,20,24). The number of para-hydroxylation sites is 2. The molecule has 132 valence electrons. The van der Waals surface area contributed by atoms with E-state index in [9.17, 15) is 4.79 Å². The Balaban J connectivity index is 1.52. The van der Waals surface area contributed by atoms with Gasteiger partial charge in [-0.25, -0.2) is 9.97 Å². The summed E-state index contributed by atoms with van der Waals surface area (Å²) in [5.74, 6) is 1.00. The van der Waals surface area contributed by atoms with E-state index in [0.29, 0.717) is 6.54 Å². The average Bonchev–Trinajstić information content (AvgIpc) is 3.34. The SMILES string of the molecule is CC(=O)NCc1ccc(-c2csc(Cc3nc4ccccc4n3C)n2)s1. The number of benzene rings is 1. The van der Waals surface area contributed by atoms with Crippen molar-refractivity contribution >= 4 is 39.6 Å². The van der Waals surface area contributed by atoms with E-state index in [1.807, 2.05) is 31.3 Å². The monoisotopic (exact) mass is 382 g/mol. The molecule has 4 aromatic rings. The Morgan fingerprint density at radius 1 is 1.19 bits per heavy atom. The second-order valence-electron chi connectivity index (χ2n) is 6.05. The Labute approximate surface area is 159 Å². The molecule has 1 aromatic carbocycles. The number of carbonyl (C=O) groups is 1. The first kappa shape index (κ1) is 16.9. The number of carbonyl (C=O) groups excluding carboxylic acids is 1. The number of fused-ring (bicyclic) bond motifs is 1. The van der Waals surface area contributed by atoms with E-state index in [1.165, 1.54) is 6.92 Å². The highest BCUT2D eigenvalue weighted by molar-refractivity contribution is 7.16. The highest BCUT2D eigenvalue weighted by atomic mass is 32.1. The minimum Gasteiger partial charge on any atom is -0.351 e. The van der Waals surface area contributed by atoms with Gasteiger partial charge in [0.15, 0.2) is 0 Å². The molecule has 0 bridgehead atoms. The number of hydrogen-bond donors (Lipinski definition) is 1. The lowest BCUT2D eigenvalue weighted by Crippen LogP contribution is -2.17. The zero-order chi connectivity index (χ0) is 18.1. The van der Waals surface area contributed by atoms with Crippen molar-refractivity contribution in [3.05, 3.63) is 57.5 Å².